The van der Waals surface area contributed by atoms with Crippen molar-refractivity contribution in [2.45, 2.75) is 153 Å². The lowest BCUT2D eigenvalue weighted by Crippen LogP contribution is -2.55. The Labute approximate surface area is 569 Å². The predicted octanol–water partition coefficient (Wildman–Crippen LogP) is -0.585. The number of benzene rings is 3. The second-order valence-electron chi connectivity index (χ2n) is 25.1. The van der Waals surface area contributed by atoms with Crippen molar-refractivity contribution in [2.75, 3.05) is 61.0 Å². The number of unbranched alkanes of at least 4 members (excludes halogenated alkanes) is 1. The maximum absolute atomic E-state index is 14.1. The fourth-order valence-corrected chi connectivity index (χ4v) is 13.0. The van der Waals surface area contributed by atoms with Gasteiger partial charge in [-0.2, -0.15) is 4.98 Å². The average Bonchev–Trinajstić information content (AvgIpc) is 0.738. The summed E-state index contributed by atoms with van der Waals surface area (Å²) in [6.07, 6.45) is 3.77. The zero-order valence-corrected chi connectivity index (χ0v) is 56.1. The molecule has 19 N–H and O–H groups in total. The molecule has 5 aromatic rings. The SMILES string of the molecule is CC[N+]1=c2cc3c(cc2CCC1)=Nc1cc2c(cc1O3)N(CCCC(=O)NCCCC[C@H](NC(=O)[C@H](CCCN=C(N)N)NC(=O)[C@H](CCCN=C(N)N)NC(=O)CCC(NC(=O)c1ccc(NCc3cnc4nc(N)[nH]c(=O)c4n3)cc1)C(=O)O)C(=O)O)C(C)(C)CC2CS(=O)(=O)[O-]. The monoisotopic (exact) mass is 1390 g/mol. The smallest absolute Gasteiger partial charge is 0.326 e. The van der Waals surface area contributed by atoms with Crippen LogP contribution < -0.4 is 91.1 Å². The molecular formula is C64H86N20O14S. The highest BCUT2D eigenvalue weighted by Crippen LogP contribution is 2.49. The second kappa shape index (κ2) is 33.6. The van der Waals surface area contributed by atoms with Crippen molar-refractivity contribution in [3.8, 4) is 11.5 Å². The number of anilines is 3. The van der Waals surface area contributed by atoms with E-state index in [1.807, 2.05) is 38.1 Å². The number of nitrogens with one attached hydrogen (secondary N) is 7. The summed E-state index contributed by atoms with van der Waals surface area (Å²) in [4.78, 5) is 135. The molecule has 0 spiro atoms. The highest BCUT2D eigenvalue weighted by atomic mass is 32.2. The van der Waals surface area contributed by atoms with E-state index < -0.39 is 105 Å². The van der Waals surface area contributed by atoms with E-state index in [-0.39, 0.29) is 112 Å². The Morgan fingerprint density at radius 3 is 2.12 bits per heavy atom. The van der Waals surface area contributed by atoms with Gasteiger partial charge in [0.1, 0.15) is 48.3 Å². The third kappa shape index (κ3) is 21.0. The normalized spacial score (nSPS) is 15.5. The number of carbonyl (C=O) groups is 7. The highest BCUT2D eigenvalue weighted by Gasteiger charge is 2.40. The molecule has 0 saturated carbocycles. The van der Waals surface area contributed by atoms with E-state index in [9.17, 15) is 61.5 Å². The van der Waals surface area contributed by atoms with Crippen LogP contribution in [-0.2, 0) is 51.9 Å². The summed E-state index contributed by atoms with van der Waals surface area (Å²) in [5.41, 5.74) is 30.5. The number of hydrogen-bond donors (Lipinski definition) is 14. The van der Waals surface area contributed by atoms with Crippen LogP contribution in [0.3, 0.4) is 0 Å². The molecule has 8 rings (SSSR count). The minimum Gasteiger partial charge on any atom is -0.748 e. The highest BCUT2D eigenvalue weighted by molar-refractivity contribution is 7.85. The fraction of sp³-hybridized carbons (Fsp3) is 0.484. The Hall–Kier alpha value is -10.6. The first-order valence-electron chi connectivity index (χ1n) is 32.6. The molecule has 5 heterocycles. The maximum atomic E-state index is 14.1. The lowest BCUT2D eigenvalue weighted by Gasteiger charge is -2.48. The Balaban J connectivity index is 0.830. The van der Waals surface area contributed by atoms with Crippen LogP contribution >= 0.6 is 0 Å². The van der Waals surface area contributed by atoms with Crippen LogP contribution in [0.1, 0.15) is 137 Å². The molecule has 2 aromatic heterocycles. The van der Waals surface area contributed by atoms with Crippen LogP contribution in [0.25, 0.3) is 11.2 Å². The number of rotatable bonds is 35. The van der Waals surface area contributed by atoms with Gasteiger partial charge in [0, 0.05) is 91.2 Å². The lowest BCUT2D eigenvalue weighted by atomic mass is 9.79. The Kier molecular flexibility index (Phi) is 25.2. The summed E-state index contributed by atoms with van der Waals surface area (Å²) in [5.74, 6) is -7.17. The first-order valence-corrected chi connectivity index (χ1v) is 34.2. The largest absolute Gasteiger partial charge is 0.748 e. The fourth-order valence-electron chi connectivity index (χ4n) is 12.3. The van der Waals surface area contributed by atoms with Gasteiger partial charge in [0.2, 0.25) is 34.9 Å². The summed E-state index contributed by atoms with van der Waals surface area (Å²) in [6, 6.07) is 7.89. The molecule has 3 aliphatic rings. The van der Waals surface area contributed by atoms with Crippen LogP contribution in [-0.4, -0.2) is 171 Å². The molecule has 5 amide bonds. The van der Waals surface area contributed by atoms with Crippen LogP contribution in [0, 0.1) is 0 Å². The summed E-state index contributed by atoms with van der Waals surface area (Å²) in [5, 5.41) is 38.1. The molecule has 0 saturated heterocycles. The van der Waals surface area contributed by atoms with Crippen molar-refractivity contribution in [1.82, 2.24) is 51.1 Å². The number of carbonyl (C=O) groups excluding carboxylic acids is 5. The van der Waals surface area contributed by atoms with Gasteiger partial charge in [-0.15, -0.1) is 0 Å². The Morgan fingerprint density at radius 1 is 0.808 bits per heavy atom. The molecule has 0 bridgehead atoms. The Bertz CT molecular complexity index is 4220. The molecule has 0 radical (unpaired) electrons. The van der Waals surface area contributed by atoms with Gasteiger partial charge in [-0.05, 0) is 133 Å². The van der Waals surface area contributed by atoms with Gasteiger partial charge in [0.05, 0.1) is 34.6 Å². The number of hydrogen-bond acceptors (Lipinski definition) is 21. The number of aliphatic imine (C=N–C) groups is 2. The number of aromatic amines is 1. The number of carboxylic acid groups (broad SMARTS) is 2. The van der Waals surface area contributed by atoms with E-state index in [2.05, 4.69) is 78.2 Å². The third-order valence-corrected chi connectivity index (χ3v) is 17.9. The molecular weight excluding hydrogens is 1300 g/mol. The van der Waals surface area contributed by atoms with Crippen LogP contribution in [0.4, 0.5) is 23.0 Å². The van der Waals surface area contributed by atoms with Gasteiger partial charge in [0.15, 0.2) is 34.6 Å². The zero-order valence-electron chi connectivity index (χ0n) is 55.3. The maximum Gasteiger partial charge on any atom is 0.326 e. The standard InChI is InChI=1S/C64H86N20O14S/c1-4-83-25-9-11-36-27-45-49(29-47(36)83)98-50-30-48-40(28-46(50)76-45)37(34-99(95,96)97)31-64(2,3)84(48)26-10-15-51(85)70-22-6-5-12-43(59(91)92)80-57(89)42(14-8-24-72-62(67)68)78-56(88)41(13-7-23-71-61(65)66)77-52(86)21-20-44(60(93)94)79-55(87)35-16-18-38(19-17-35)73-32-39-33-74-54-53(75-39)58(90)82-63(69)81-54/h16-19,27-30,33,37,41-44H,4-15,20-26,31-32,34H2,1-3H3,(H19-,65,66,67,68,69,70,71,72,73,74,77,78,79,80,81,82,85,86,87,88,89,90,91,92,93,94,95,96,97)/t37?,41-,42-,43-,44?/m0/s1. The number of amides is 5. The molecule has 35 heteroatoms. The van der Waals surface area contributed by atoms with Gasteiger partial charge in [-0.3, -0.25) is 43.7 Å². The number of nitrogens with zero attached hydrogens (tertiary/aromatic N) is 8. The molecule has 3 aliphatic heterocycles. The van der Waals surface area contributed by atoms with Crippen molar-refractivity contribution in [2.24, 2.45) is 37.9 Å². The third-order valence-electron chi connectivity index (χ3n) is 17.1. The molecule has 2 unspecified atom stereocenters. The number of nitrogen functional groups attached to an aromatic ring is 1. The summed E-state index contributed by atoms with van der Waals surface area (Å²) < 4.78 is 45.7. The summed E-state index contributed by atoms with van der Waals surface area (Å²) >= 11 is 0. The van der Waals surface area contributed by atoms with Gasteiger partial charge >= 0.3 is 11.9 Å². The quantitative estimate of drug-likeness (QED) is 0.00778. The summed E-state index contributed by atoms with van der Waals surface area (Å²) in [7, 11) is -4.63. The first-order chi connectivity index (χ1) is 47.0. The van der Waals surface area contributed by atoms with Crippen molar-refractivity contribution >= 4 is 97.7 Å². The number of fused-ring (bicyclic) bond motifs is 5. The number of ether oxygens (including phenoxy) is 1. The number of nitrogens with two attached hydrogens (primary N) is 5. The molecule has 0 fully saturated rings. The van der Waals surface area contributed by atoms with Crippen LogP contribution in [0.15, 0.2) is 74.5 Å². The van der Waals surface area contributed by atoms with E-state index in [0.717, 1.165) is 31.3 Å². The molecule has 34 nitrogen and oxygen atoms in total. The average molecular weight is 1390 g/mol. The van der Waals surface area contributed by atoms with Crippen molar-refractivity contribution in [1.29, 1.82) is 0 Å². The molecule has 99 heavy (non-hydrogen) atoms. The number of carboxylic acids is 2. The van der Waals surface area contributed by atoms with Gasteiger partial charge in [-0.25, -0.2) is 37.5 Å². The minimum atomic E-state index is -4.63. The number of H-pyrrole nitrogens is 1. The topological polar surface area (TPSA) is 544 Å². The minimum absolute atomic E-state index is 0.00942. The van der Waals surface area contributed by atoms with Crippen LogP contribution in [0.2, 0.25) is 0 Å². The van der Waals surface area contributed by atoms with E-state index in [1.54, 1.807) is 12.1 Å². The number of guanidine groups is 2. The molecule has 0 aliphatic carbocycles. The van der Waals surface area contributed by atoms with Gasteiger partial charge in [-0.1, -0.05) is 0 Å². The van der Waals surface area contributed by atoms with Crippen LogP contribution in [0.5, 0.6) is 11.5 Å². The zero-order chi connectivity index (χ0) is 71.7. The number of aromatic nitrogens is 4. The van der Waals surface area contributed by atoms with E-state index in [1.165, 1.54) is 23.9 Å². The lowest BCUT2D eigenvalue weighted by molar-refractivity contribution is -0.142. The molecule has 3 aromatic carbocycles. The van der Waals surface area contributed by atoms with E-state index in [4.69, 9.17) is 38.4 Å². The van der Waals surface area contributed by atoms with Crippen molar-refractivity contribution in [3.05, 3.63) is 98.2 Å². The predicted molar refractivity (Wildman–Crippen MR) is 365 cm³/mol. The number of aryl methyl sites for hydroxylation is 1. The first kappa shape index (κ1) is 74.2. The Morgan fingerprint density at radius 2 is 1.46 bits per heavy atom. The number of aliphatic carboxylic acids is 2. The van der Waals surface area contributed by atoms with E-state index in [0.29, 0.717) is 71.0 Å². The van der Waals surface area contributed by atoms with Crippen molar-refractivity contribution < 1.29 is 61.5 Å². The summed E-state index contributed by atoms with van der Waals surface area (Å²) in [6.45, 7) is 8.52. The molecule has 532 valence electrons. The molecule has 5 atom stereocenters. The van der Waals surface area contributed by atoms with Gasteiger partial charge < -0.3 is 85.0 Å². The van der Waals surface area contributed by atoms with Crippen molar-refractivity contribution in [3.63, 3.8) is 0 Å². The van der Waals surface area contributed by atoms with E-state index >= 15 is 0 Å². The second-order valence-corrected chi connectivity index (χ2v) is 26.5. The van der Waals surface area contributed by atoms with Gasteiger partial charge in [0.25, 0.3) is 11.5 Å².